The van der Waals surface area contributed by atoms with Gasteiger partial charge in [0, 0.05) is 6.42 Å². The van der Waals surface area contributed by atoms with Crippen molar-refractivity contribution in [3.8, 4) is 0 Å². The summed E-state index contributed by atoms with van der Waals surface area (Å²) in [6.45, 7) is 2.27. The van der Waals surface area contributed by atoms with Gasteiger partial charge >= 0.3 is 5.97 Å². The highest BCUT2D eigenvalue weighted by Crippen LogP contribution is 2.12. The van der Waals surface area contributed by atoms with Crippen molar-refractivity contribution in [3.63, 3.8) is 0 Å². The van der Waals surface area contributed by atoms with Crippen molar-refractivity contribution in [2.75, 3.05) is 12.0 Å². The maximum absolute atomic E-state index is 11.9. The third-order valence-corrected chi connectivity index (χ3v) is 6.55. The van der Waals surface area contributed by atoms with Crippen molar-refractivity contribution in [3.05, 3.63) is 12.2 Å². The van der Waals surface area contributed by atoms with Crippen molar-refractivity contribution in [2.24, 2.45) is 0 Å². The lowest BCUT2D eigenvalue weighted by atomic mass is 10.1. The van der Waals surface area contributed by atoms with E-state index < -0.39 is 12.0 Å². The van der Waals surface area contributed by atoms with Crippen LogP contribution in [0.1, 0.15) is 129 Å². The number of amides is 1. The molecule has 1 atom stereocenters. The monoisotopic (exact) mass is 469 g/mol. The molecular weight excluding hydrogens is 418 g/mol. The summed E-state index contributed by atoms with van der Waals surface area (Å²) < 4.78 is 0. The molecule has 0 heterocycles. The summed E-state index contributed by atoms with van der Waals surface area (Å²) in [6, 6.07) is -0.745. The predicted molar refractivity (Wildman–Crippen MR) is 140 cm³/mol. The van der Waals surface area contributed by atoms with Crippen LogP contribution in [0.15, 0.2) is 12.2 Å². The quantitative estimate of drug-likeness (QED) is 0.111. The molecule has 0 radical (unpaired) electrons. The predicted octanol–water partition coefficient (Wildman–Crippen LogP) is 7.91. The largest absolute Gasteiger partial charge is 0.480 e. The minimum absolute atomic E-state index is 0.125. The summed E-state index contributed by atoms with van der Waals surface area (Å²) in [5, 5.41) is 11.8. The number of unbranched alkanes of at least 4 members (excludes halogenated alkanes) is 15. The second-order valence-electron chi connectivity index (χ2n) is 8.99. The van der Waals surface area contributed by atoms with Gasteiger partial charge in [0.15, 0.2) is 0 Å². The fourth-order valence-electron chi connectivity index (χ4n) is 3.82. The van der Waals surface area contributed by atoms with Crippen LogP contribution in [0, 0.1) is 0 Å². The summed E-state index contributed by atoms with van der Waals surface area (Å²) in [5.74, 6) is -0.316. The Morgan fingerprint density at radius 2 is 1.25 bits per heavy atom. The molecular formula is C27H51NO3S. The third-order valence-electron chi connectivity index (χ3n) is 5.91. The molecule has 0 unspecified atom stereocenters. The number of aliphatic carboxylic acids is 1. The van der Waals surface area contributed by atoms with Crippen LogP contribution in [0.5, 0.6) is 0 Å². The topological polar surface area (TPSA) is 66.4 Å². The summed E-state index contributed by atoms with van der Waals surface area (Å²) in [6.07, 6.45) is 29.3. The van der Waals surface area contributed by atoms with Crippen molar-refractivity contribution >= 4 is 23.6 Å². The first-order valence-electron chi connectivity index (χ1n) is 13.3. The molecule has 32 heavy (non-hydrogen) atoms. The van der Waals surface area contributed by atoms with Crippen LogP contribution in [-0.4, -0.2) is 35.0 Å². The number of carboxylic acid groups (broad SMARTS) is 1. The van der Waals surface area contributed by atoms with Gasteiger partial charge in [0.2, 0.25) is 5.91 Å². The minimum Gasteiger partial charge on any atom is -0.480 e. The van der Waals surface area contributed by atoms with E-state index in [1.807, 2.05) is 6.26 Å². The molecule has 0 saturated heterocycles. The average molecular weight is 470 g/mol. The lowest BCUT2D eigenvalue weighted by Crippen LogP contribution is -2.41. The SMILES string of the molecule is CCCCCCCC/C=C\CCCCCCCCCCCC(=O)N[C@@H](CCSC)C(=O)O. The van der Waals surface area contributed by atoms with E-state index in [2.05, 4.69) is 24.4 Å². The van der Waals surface area contributed by atoms with Gasteiger partial charge in [-0.1, -0.05) is 96.1 Å². The average Bonchev–Trinajstić information content (AvgIpc) is 2.78. The Labute approximate surface area is 202 Å². The van der Waals surface area contributed by atoms with Crippen LogP contribution in [-0.2, 0) is 9.59 Å². The van der Waals surface area contributed by atoms with Crippen molar-refractivity contribution in [2.45, 2.75) is 135 Å². The maximum Gasteiger partial charge on any atom is 0.326 e. The van der Waals surface area contributed by atoms with E-state index in [0.717, 1.165) is 18.6 Å². The van der Waals surface area contributed by atoms with Gasteiger partial charge < -0.3 is 10.4 Å². The first-order chi connectivity index (χ1) is 15.6. The number of carbonyl (C=O) groups is 2. The number of carboxylic acids is 1. The summed E-state index contributed by atoms with van der Waals surface area (Å²) >= 11 is 1.60. The normalized spacial score (nSPS) is 12.3. The first kappa shape index (κ1) is 31.0. The molecule has 0 saturated carbocycles. The highest BCUT2D eigenvalue weighted by Gasteiger charge is 2.18. The molecule has 188 valence electrons. The first-order valence-corrected chi connectivity index (χ1v) is 14.7. The molecule has 5 heteroatoms. The lowest BCUT2D eigenvalue weighted by Gasteiger charge is -2.13. The Balaban J connectivity index is 3.37. The lowest BCUT2D eigenvalue weighted by molar-refractivity contribution is -0.141. The molecule has 2 N–H and O–H groups in total. The van der Waals surface area contributed by atoms with E-state index in [-0.39, 0.29) is 5.91 Å². The Morgan fingerprint density at radius 1 is 0.781 bits per heavy atom. The third kappa shape index (κ3) is 22.2. The molecule has 0 aliphatic rings. The second-order valence-corrected chi connectivity index (χ2v) is 9.97. The number of nitrogens with one attached hydrogen (secondary N) is 1. The Hall–Kier alpha value is -0.970. The number of carbonyl (C=O) groups excluding carboxylic acids is 1. The Bertz CT molecular complexity index is 468. The van der Waals surface area contributed by atoms with E-state index in [1.165, 1.54) is 96.3 Å². The molecule has 1 amide bonds. The summed E-state index contributed by atoms with van der Waals surface area (Å²) in [5.41, 5.74) is 0. The molecule has 0 aromatic rings. The molecule has 0 aliphatic carbocycles. The van der Waals surface area contributed by atoms with Gasteiger partial charge in [-0.2, -0.15) is 11.8 Å². The van der Waals surface area contributed by atoms with Crippen LogP contribution < -0.4 is 5.32 Å². The fourth-order valence-corrected chi connectivity index (χ4v) is 4.29. The number of hydrogen-bond acceptors (Lipinski definition) is 3. The second kappa shape index (κ2) is 24.7. The fraction of sp³-hybridized carbons (Fsp3) is 0.852. The molecule has 0 rings (SSSR count). The molecule has 0 aromatic heterocycles. The molecule has 0 fully saturated rings. The number of hydrogen-bond donors (Lipinski definition) is 2. The highest BCUT2D eigenvalue weighted by atomic mass is 32.2. The maximum atomic E-state index is 11.9. The zero-order chi connectivity index (χ0) is 23.7. The van der Waals surface area contributed by atoms with Crippen molar-refractivity contribution in [1.29, 1.82) is 0 Å². The number of allylic oxidation sites excluding steroid dienone is 2. The highest BCUT2D eigenvalue weighted by molar-refractivity contribution is 7.98. The molecule has 0 aliphatic heterocycles. The smallest absolute Gasteiger partial charge is 0.326 e. The Kier molecular flexibility index (Phi) is 23.9. The van der Waals surface area contributed by atoms with Gasteiger partial charge in [0.05, 0.1) is 0 Å². The van der Waals surface area contributed by atoms with E-state index in [0.29, 0.717) is 12.8 Å². The van der Waals surface area contributed by atoms with Crippen LogP contribution in [0.4, 0.5) is 0 Å². The molecule has 0 aromatic carbocycles. The number of thioether (sulfide) groups is 1. The summed E-state index contributed by atoms with van der Waals surface area (Å²) in [7, 11) is 0. The zero-order valence-corrected chi connectivity index (χ0v) is 21.9. The number of rotatable bonds is 24. The van der Waals surface area contributed by atoms with Gasteiger partial charge in [-0.25, -0.2) is 4.79 Å². The van der Waals surface area contributed by atoms with Gasteiger partial charge in [-0.3, -0.25) is 4.79 Å². The van der Waals surface area contributed by atoms with E-state index in [1.54, 1.807) is 11.8 Å². The van der Waals surface area contributed by atoms with Crippen molar-refractivity contribution in [1.82, 2.24) is 5.32 Å². The zero-order valence-electron chi connectivity index (χ0n) is 21.0. The van der Waals surface area contributed by atoms with E-state index in [9.17, 15) is 9.59 Å². The van der Waals surface area contributed by atoms with Crippen LogP contribution in [0.3, 0.4) is 0 Å². The van der Waals surface area contributed by atoms with Gasteiger partial charge in [0.25, 0.3) is 0 Å². The van der Waals surface area contributed by atoms with Crippen LogP contribution >= 0.6 is 11.8 Å². The molecule has 0 bridgehead atoms. The Morgan fingerprint density at radius 3 is 1.72 bits per heavy atom. The van der Waals surface area contributed by atoms with Gasteiger partial charge in [0.1, 0.15) is 6.04 Å². The molecule has 4 nitrogen and oxygen atoms in total. The van der Waals surface area contributed by atoms with E-state index in [4.69, 9.17) is 5.11 Å². The van der Waals surface area contributed by atoms with Crippen molar-refractivity contribution < 1.29 is 14.7 Å². The standard InChI is InChI=1S/C27H51NO3S/c1-3-4-5-6-7-8-9-10-11-12-13-14-15-16-17-18-19-20-21-22-26(29)28-25(27(30)31)23-24-32-2/h10-11,25H,3-9,12-24H2,1-2H3,(H,28,29)(H,30,31)/b11-10-/t25-/m0/s1. The summed E-state index contributed by atoms with van der Waals surface area (Å²) in [4.78, 5) is 23.1. The minimum atomic E-state index is -0.934. The molecule has 0 spiro atoms. The van der Waals surface area contributed by atoms with E-state index >= 15 is 0 Å². The van der Waals surface area contributed by atoms with Crippen LogP contribution in [0.2, 0.25) is 0 Å². The van der Waals surface area contributed by atoms with Crippen LogP contribution in [0.25, 0.3) is 0 Å². The van der Waals surface area contributed by atoms with Gasteiger partial charge in [-0.05, 0) is 50.5 Å². The van der Waals surface area contributed by atoms with Gasteiger partial charge in [-0.15, -0.1) is 0 Å².